The number of esters is 5. The number of aliphatic hydroxyl groups is 1. The van der Waals surface area contributed by atoms with E-state index in [0.717, 1.165) is 12.8 Å². The zero-order valence-corrected chi connectivity index (χ0v) is 29.4. The lowest BCUT2D eigenvalue weighted by Crippen LogP contribution is -2.51. The van der Waals surface area contributed by atoms with E-state index in [2.05, 4.69) is 6.92 Å². The predicted octanol–water partition coefficient (Wildman–Crippen LogP) is 2.71. The number of fused-ring (bicyclic) bond motifs is 6. The fourth-order valence-corrected chi connectivity index (χ4v) is 13.9. The number of carbonyl (C=O) groups is 6. The minimum atomic E-state index is -1.03. The van der Waals surface area contributed by atoms with Gasteiger partial charge in [-0.2, -0.15) is 0 Å². The summed E-state index contributed by atoms with van der Waals surface area (Å²) in [7, 11) is 1.27. The van der Waals surface area contributed by atoms with Crippen LogP contribution in [0.5, 0.6) is 0 Å². The molecule has 0 aromatic carbocycles. The van der Waals surface area contributed by atoms with Gasteiger partial charge in [0.05, 0.1) is 55.8 Å². The highest BCUT2D eigenvalue weighted by Crippen LogP contribution is 2.71. The van der Waals surface area contributed by atoms with E-state index < -0.39 is 71.6 Å². The van der Waals surface area contributed by atoms with Crippen molar-refractivity contribution in [1.82, 2.24) is 0 Å². The average molecular weight is 715 g/mol. The Labute approximate surface area is 296 Å². The smallest absolute Gasteiger partial charge is 0.317 e. The topological polar surface area (TPSA) is 189 Å². The quantitative estimate of drug-likeness (QED) is 0.191. The molecule has 6 bridgehead atoms. The van der Waals surface area contributed by atoms with Crippen LogP contribution in [-0.4, -0.2) is 79.2 Å². The lowest BCUT2D eigenvalue weighted by Gasteiger charge is -2.48. The van der Waals surface area contributed by atoms with Crippen LogP contribution in [0, 0.1) is 107 Å². The van der Waals surface area contributed by atoms with Crippen LogP contribution in [0.3, 0.4) is 0 Å². The fourth-order valence-electron chi connectivity index (χ4n) is 13.9. The molecule has 0 aromatic rings. The van der Waals surface area contributed by atoms with E-state index in [4.69, 9.17) is 23.7 Å². The highest BCUT2D eigenvalue weighted by Gasteiger charge is 2.71. The normalized spacial score (nSPS) is 49.1. The average Bonchev–Trinajstić information content (AvgIpc) is 3.96. The maximum Gasteiger partial charge on any atom is 0.317 e. The molecule has 6 aliphatic carbocycles. The van der Waals surface area contributed by atoms with E-state index in [0.29, 0.717) is 38.7 Å². The molecule has 0 amide bonds. The molecule has 13 nitrogen and oxygen atoms in total. The number of carboxylic acids is 1. The Morgan fingerprint density at radius 3 is 2.06 bits per heavy atom. The van der Waals surface area contributed by atoms with E-state index >= 15 is 0 Å². The Bertz CT molecular complexity index is 1470. The van der Waals surface area contributed by atoms with Gasteiger partial charge in [-0.25, -0.2) is 0 Å². The van der Waals surface area contributed by atoms with Gasteiger partial charge in [0.25, 0.3) is 0 Å². The van der Waals surface area contributed by atoms with Crippen molar-refractivity contribution in [3.63, 3.8) is 0 Å². The van der Waals surface area contributed by atoms with Gasteiger partial charge in [-0.15, -0.1) is 0 Å². The van der Waals surface area contributed by atoms with Crippen LogP contribution < -0.4 is 0 Å². The second-order valence-electron chi connectivity index (χ2n) is 17.1. The summed E-state index contributed by atoms with van der Waals surface area (Å²) >= 11 is 0. The summed E-state index contributed by atoms with van der Waals surface area (Å²) in [4.78, 5) is 80.8. The van der Waals surface area contributed by atoms with Gasteiger partial charge < -0.3 is 33.9 Å². The van der Waals surface area contributed by atoms with Gasteiger partial charge in [-0.05, 0) is 110 Å². The summed E-state index contributed by atoms with van der Waals surface area (Å²) in [6.45, 7) is 4.26. The first-order valence-electron chi connectivity index (χ1n) is 19.1. The molecule has 51 heavy (non-hydrogen) atoms. The van der Waals surface area contributed by atoms with E-state index in [-0.39, 0.29) is 90.2 Å². The van der Waals surface area contributed by atoms with Crippen LogP contribution in [0.2, 0.25) is 0 Å². The summed E-state index contributed by atoms with van der Waals surface area (Å²) in [5.74, 6) is -9.58. The maximum atomic E-state index is 14.1. The van der Waals surface area contributed by atoms with E-state index in [1.54, 1.807) is 0 Å². The van der Waals surface area contributed by atoms with Gasteiger partial charge in [0, 0.05) is 6.42 Å². The Balaban J connectivity index is 1.14. The second kappa shape index (κ2) is 13.1. The molecule has 2 aliphatic heterocycles. The van der Waals surface area contributed by atoms with Gasteiger partial charge in [-0.1, -0.05) is 13.8 Å². The van der Waals surface area contributed by atoms with Crippen LogP contribution >= 0.6 is 0 Å². The lowest BCUT2D eigenvalue weighted by atomic mass is 9.54. The molecule has 0 radical (unpaired) electrons. The van der Waals surface area contributed by atoms with Gasteiger partial charge >= 0.3 is 35.8 Å². The molecule has 0 aromatic heterocycles. The number of carboxylic acid groups (broad SMARTS) is 1. The third kappa shape index (κ3) is 5.28. The summed E-state index contributed by atoms with van der Waals surface area (Å²) < 4.78 is 27.5. The molecular formula is C38H50O13. The van der Waals surface area contributed by atoms with Crippen molar-refractivity contribution in [1.29, 1.82) is 0 Å². The van der Waals surface area contributed by atoms with Crippen molar-refractivity contribution in [2.75, 3.05) is 26.9 Å². The monoisotopic (exact) mass is 714 g/mol. The molecule has 8 fully saturated rings. The summed E-state index contributed by atoms with van der Waals surface area (Å²) in [6, 6.07) is 0. The highest BCUT2D eigenvalue weighted by molar-refractivity contribution is 5.97. The number of aliphatic carboxylic acids is 1. The molecule has 2 N–H and O–H groups in total. The largest absolute Gasteiger partial charge is 0.481 e. The van der Waals surface area contributed by atoms with Crippen LogP contribution in [0.4, 0.5) is 0 Å². The maximum absolute atomic E-state index is 14.1. The number of rotatable bonds is 10. The number of methoxy groups -OCH3 is 1. The zero-order valence-electron chi connectivity index (χ0n) is 29.4. The minimum Gasteiger partial charge on any atom is -0.481 e. The first-order chi connectivity index (χ1) is 24.5. The van der Waals surface area contributed by atoms with Crippen LogP contribution in [0.15, 0.2) is 0 Å². The molecular weight excluding hydrogens is 664 g/mol. The summed E-state index contributed by atoms with van der Waals surface area (Å²) in [6.07, 6.45) is 4.00. The van der Waals surface area contributed by atoms with E-state index in [1.165, 1.54) is 7.11 Å². The standard InChI is InChI=1S/C38H50O13/c1-14-16-9-19(22(10-16)35(43)50-24-5-4-7-48-24)25(14)31-32(38(46)51-37(31)45)27-17-11-20(21(12-17)34(42)49-8-6-39)28(27)26-15(2)18-13-23(26)30(36(44)47-3)29(18)33(40)41/h14-32,39H,4-13H2,1-3H3,(H,40,41). The molecule has 2 heterocycles. The van der Waals surface area contributed by atoms with Crippen molar-refractivity contribution in [2.45, 2.75) is 65.1 Å². The van der Waals surface area contributed by atoms with Crippen molar-refractivity contribution >= 4 is 35.8 Å². The molecule has 8 aliphatic rings. The third-order valence-electron chi connectivity index (χ3n) is 15.5. The number of carbonyl (C=O) groups excluding carboxylic acids is 5. The molecule has 19 unspecified atom stereocenters. The van der Waals surface area contributed by atoms with Crippen LogP contribution in [0.25, 0.3) is 0 Å². The fraction of sp³-hybridized carbons (Fsp3) is 0.842. The number of cyclic esters (lactones) is 2. The van der Waals surface area contributed by atoms with E-state index in [1.807, 2.05) is 6.92 Å². The molecule has 8 rings (SSSR count). The Morgan fingerprint density at radius 2 is 1.41 bits per heavy atom. The summed E-state index contributed by atoms with van der Waals surface area (Å²) in [5.41, 5.74) is 0. The SMILES string of the molecule is COC(=O)C1C2CC(C(C)C2C2C3CC(CC3C(=O)OCCO)C2C2C(=O)OC(=O)C2C2C(C)C3CC(C(=O)OC4CCCO4)C2C3)C1C(=O)O. The minimum absolute atomic E-state index is 0.0763. The molecule has 13 heteroatoms. The lowest BCUT2D eigenvalue weighted by molar-refractivity contribution is -0.178. The van der Waals surface area contributed by atoms with Crippen molar-refractivity contribution in [3.8, 4) is 0 Å². The predicted molar refractivity (Wildman–Crippen MR) is 171 cm³/mol. The Morgan fingerprint density at radius 1 is 0.745 bits per heavy atom. The second-order valence-corrected chi connectivity index (χ2v) is 17.1. The molecule has 2 saturated heterocycles. The van der Waals surface area contributed by atoms with Gasteiger partial charge in [0.1, 0.15) is 6.61 Å². The van der Waals surface area contributed by atoms with Gasteiger partial charge in [0.2, 0.25) is 6.29 Å². The van der Waals surface area contributed by atoms with E-state index in [9.17, 15) is 39.0 Å². The van der Waals surface area contributed by atoms with Crippen LogP contribution in [0.1, 0.15) is 58.8 Å². The first kappa shape index (κ1) is 35.0. The molecule has 19 atom stereocenters. The summed E-state index contributed by atoms with van der Waals surface area (Å²) in [5, 5.41) is 19.6. The number of aliphatic hydroxyl groups excluding tert-OH is 1. The Kier molecular flexibility index (Phi) is 8.99. The van der Waals surface area contributed by atoms with Crippen molar-refractivity contribution in [2.24, 2.45) is 107 Å². The molecule has 280 valence electrons. The van der Waals surface area contributed by atoms with Crippen LogP contribution in [-0.2, 0) is 52.5 Å². The number of hydrogen-bond donors (Lipinski definition) is 2. The zero-order chi connectivity index (χ0) is 36.0. The highest BCUT2D eigenvalue weighted by atomic mass is 16.7. The van der Waals surface area contributed by atoms with Gasteiger partial charge in [-0.3, -0.25) is 28.8 Å². The van der Waals surface area contributed by atoms with Gasteiger partial charge in [0.15, 0.2) is 0 Å². The molecule has 6 saturated carbocycles. The Hall–Kier alpha value is -3.06. The van der Waals surface area contributed by atoms with Crippen molar-refractivity contribution in [3.05, 3.63) is 0 Å². The van der Waals surface area contributed by atoms with Crippen molar-refractivity contribution < 1.29 is 62.7 Å². The third-order valence-corrected chi connectivity index (χ3v) is 15.5. The molecule has 0 spiro atoms. The number of ether oxygens (including phenoxy) is 5. The number of hydrogen-bond acceptors (Lipinski definition) is 12. The first-order valence-corrected chi connectivity index (χ1v) is 19.1.